The molecule has 0 unspecified atom stereocenters. The highest BCUT2D eigenvalue weighted by atomic mass is 32.2. The summed E-state index contributed by atoms with van der Waals surface area (Å²) in [5.41, 5.74) is 2.07. The van der Waals surface area contributed by atoms with Crippen molar-refractivity contribution in [3.05, 3.63) is 50.2 Å². The molecule has 0 aliphatic heterocycles. The molecule has 4 aromatic rings. The molecule has 0 saturated heterocycles. The molecule has 0 fully saturated rings. The number of fused-ring (bicyclic) bond motifs is 2. The summed E-state index contributed by atoms with van der Waals surface area (Å²) in [6.45, 7) is 2.30. The van der Waals surface area contributed by atoms with Crippen molar-refractivity contribution >= 4 is 39.4 Å². The minimum absolute atomic E-state index is 0.0681. The highest BCUT2D eigenvalue weighted by Crippen LogP contribution is 2.37. The number of thioether (sulfide) groups is 1. The van der Waals surface area contributed by atoms with Crippen LogP contribution in [0.5, 0.6) is 0 Å². The van der Waals surface area contributed by atoms with E-state index in [9.17, 15) is 4.79 Å². The van der Waals surface area contributed by atoms with Gasteiger partial charge in [-0.2, -0.15) is 0 Å². The van der Waals surface area contributed by atoms with Gasteiger partial charge in [0.2, 0.25) is 0 Å². The maximum absolute atomic E-state index is 12.1. The van der Waals surface area contributed by atoms with Gasteiger partial charge in [-0.05, 0) is 36.8 Å². The standard InChI is InChI=1S/C18H16N4O2S3/c1-10-2-3-13-11(6-10)7-14(27-13)16-20-21-18(24-16)26-9-12-8-15(23)22-4-5-25-17(22)19-12/h4-5,7-8,10H,2-3,6,9H2,1H3/t10-/m0/s1. The predicted octanol–water partition coefficient (Wildman–Crippen LogP) is 4.28. The molecule has 6 nitrogen and oxygen atoms in total. The van der Waals surface area contributed by atoms with Crippen LogP contribution in [-0.2, 0) is 18.6 Å². The van der Waals surface area contributed by atoms with E-state index in [1.165, 1.54) is 40.0 Å². The Bertz CT molecular complexity index is 1170. The zero-order chi connectivity index (χ0) is 18.4. The van der Waals surface area contributed by atoms with Crippen LogP contribution in [-0.4, -0.2) is 19.6 Å². The van der Waals surface area contributed by atoms with E-state index in [4.69, 9.17) is 4.42 Å². The molecule has 5 rings (SSSR count). The van der Waals surface area contributed by atoms with Crippen LogP contribution in [0.4, 0.5) is 0 Å². The summed E-state index contributed by atoms with van der Waals surface area (Å²) in [6.07, 6.45) is 5.26. The Morgan fingerprint density at radius 3 is 3.22 bits per heavy atom. The van der Waals surface area contributed by atoms with E-state index in [2.05, 4.69) is 28.2 Å². The van der Waals surface area contributed by atoms with Gasteiger partial charge in [0.1, 0.15) is 0 Å². The van der Waals surface area contributed by atoms with E-state index >= 15 is 0 Å². The van der Waals surface area contributed by atoms with Crippen LogP contribution >= 0.6 is 34.4 Å². The minimum Gasteiger partial charge on any atom is -0.410 e. The lowest BCUT2D eigenvalue weighted by molar-refractivity contribution is 0.466. The Kier molecular flexibility index (Phi) is 4.37. The quantitative estimate of drug-likeness (QED) is 0.462. The number of thiophene rings is 1. The first-order valence-corrected chi connectivity index (χ1v) is 11.4. The van der Waals surface area contributed by atoms with E-state index < -0.39 is 0 Å². The summed E-state index contributed by atoms with van der Waals surface area (Å²) < 4.78 is 7.39. The summed E-state index contributed by atoms with van der Waals surface area (Å²) in [5, 5.41) is 10.7. The molecule has 0 saturated carbocycles. The largest absolute Gasteiger partial charge is 0.410 e. The second-order valence-electron chi connectivity index (χ2n) is 6.71. The summed E-state index contributed by atoms with van der Waals surface area (Å²) >= 11 is 4.61. The molecule has 0 bridgehead atoms. The van der Waals surface area contributed by atoms with Gasteiger partial charge in [0.15, 0.2) is 4.96 Å². The van der Waals surface area contributed by atoms with Crippen LogP contribution in [0.25, 0.3) is 15.7 Å². The Morgan fingerprint density at radius 2 is 2.30 bits per heavy atom. The first kappa shape index (κ1) is 17.2. The van der Waals surface area contributed by atoms with Crippen molar-refractivity contribution in [2.45, 2.75) is 37.2 Å². The smallest absolute Gasteiger partial charge is 0.277 e. The Balaban J connectivity index is 1.33. The second-order valence-corrected chi connectivity index (χ2v) is 9.65. The third-order valence-electron chi connectivity index (χ3n) is 4.65. The zero-order valence-electron chi connectivity index (χ0n) is 14.5. The molecule has 0 aromatic carbocycles. The number of aromatic nitrogens is 4. The molecular weight excluding hydrogens is 400 g/mol. The van der Waals surface area contributed by atoms with E-state index in [0.717, 1.165) is 23.6 Å². The number of hydrogen-bond acceptors (Lipinski definition) is 8. The van der Waals surface area contributed by atoms with Gasteiger partial charge >= 0.3 is 0 Å². The normalized spacial score (nSPS) is 16.7. The van der Waals surface area contributed by atoms with Gasteiger partial charge < -0.3 is 4.42 Å². The summed E-state index contributed by atoms with van der Waals surface area (Å²) in [6, 6.07) is 3.75. The molecule has 1 aliphatic carbocycles. The average Bonchev–Trinajstić information content (AvgIpc) is 3.38. The topological polar surface area (TPSA) is 73.3 Å². The summed E-state index contributed by atoms with van der Waals surface area (Å²) in [5.74, 6) is 1.83. The molecule has 0 spiro atoms. The Labute approximate surface area is 167 Å². The highest BCUT2D eigenvalue weighted by Gasteiger charge is 2.21. The van der Waals surface area contributed by atoms with Crippen LogP contribution in [0.1, 0.15) is 29.5 Å². The molecule has 138 valence electrons. The molecule has 0 radical (unpaired) electrons. The number of thiazole rings is 1. The fraction of sp³-hybridized carbons (Fsp3) is 0.333. The predicted molar refractivity (Wildman–Crippen MR) is 108 cm³/mol. The van der Waals surface area contributed by atoms with Crippen LogP contribution in [0, 0.1) is 5.92 Å². The molecule has 4 aromatic heterocycles. The lowest BCUT2D eigenvalue weighted by atomic mass is 9.90. The van der Waals surface area contributed by atoms with Crippen molar-refractivity contribution in [3.63, 3.8) is 0 Å². The number of hydrogen-bond donors (Lipinski definition) is 0. The van der Waals surface area contributed by atoms with E-state index in [0.29, 0.717) is 27.5 Å². The molecule has 0 N–H and O–H groups in total. The molecule has 1 aliphatic rings. The SMILES string of the molecule is C[C@H]1CCc2sc(-c3nnc(SCc4cc(=O)n5ccsc5n4)o3)cc2C1. The Hall–Kier alpha value is -1.97. The van der Waals surface area contributed by atoms with E-state index in [1.807, 2.05) is 5.38 Å². The summed E-state index contributed by atoms with van der Waals surface area (Å²) in [4.78, 5) is 19.7. The number of aryl methyl sites for hydroxylation is 1. The fourth-order valence-corrected chi connectivity index (χ4v) is 5.80. The fourth-order valence-electron chi connectivity index (χ4n) is 3.28. The number of nitrogens with zero attached hydrogens (tertiary/aromatic N) is 4. The van der Waals surface area contributed by atoms with Crippen molar-refractivity contribution in [1.82, 2.24) is 19.6 Å². The van der Waals surface area contributed by atoms with Gasteiger partial charge in [-0.1, -0.05) is 18.7 Å². The molecule has 27 heavy (non-hydrogen) atoms. The molecular formula is C18H16N4O2S3. The van der Waals surface area contributed by atoms with Crippen LogP contribution in [0.15, 0.2) is 38.1 Å². The zero-order valence-corrected chi connectivity index (χ0v) is 17.0. The van der Waals surface area contributed by atoms with Crippen LogP contribution < -0.4 is 5.56 Å². The van der Waals surface area contributed by atoms with Crippen molar-refractivity contribution in [3.8, 4) is 10.8 Å². The summed E-state index contributed by atoms with van der Waals surface area (Å²) in [7, 11) is 0. The molecule has 4 heterocycles. The maximum Gasteiger partial charge on any atom is 0.277 e. The van der Waals surface area contributed by atoms with Gasteiger partial charge in [0, 0.05) is 28.3 Å². The van der Waals surface area contributed by atoms with Crippen molar-refractivity contribution in [2.75, 3.05) is 0 Å². The second kappa shape index (κ2) is 6.88. The van der Waals surface area contributed by atoms with Gasteiger partial charge in [0.05, 0.1) is 10.6 Å². The molecule has 0 amide bonds. The van der Waals surface area contributed by atoms with Gasteiger partial charge in [0.25, 0.3) is 16.7 Å². The van der Waals surface area contributed by atoms with E-state index in [1.54, 1.807) is 28.0 Å². The van der Waals surface area contributed by atoms with Crippen molar-refractivity contribution in [2.24, 2.45) is 5.92 Å². The van der Waals surface area contributed by atoms with Gasteiger partial charge in [-0.3, -0.25) is 9.20 Å². The third kappa shape index (κ3) is 3.35. The average molecular weight is 417 g/mol. The minimum atomic E-state index is -0.0681. The lowest BCUT2D eigenvalue weighted by Crippen LogP contribution is -2.12. The lowest BCUT2D eigenvalue weighted by Gasteiger charge is -2.16. The third-order valence-corrected chi connectivity index (χ3v) is 7.48. The van der Waals surface area contributed by atoms with Crippen molar-refractivity contribution < 1.29 is 4.42 Å². The van der Waals surface area contributed by atoms with Gasteiger partial charge in [-0.15, -0.1) is 32.9 Å². The van der Waals surface area contributed by atoms with Crippen LogP contribution in [0.2, 0.25) is 0 Å². The first-order valence-electron chi connectivity index (χ1n) is 8.70. The number of rotatable bonds is 4. The van der Waals surface area contributed by atoms with Crippen LogP contribution in [0.3, 0.4) is 0 Å². The monoisotopic (exact) mass is 416 g/mol. The van der Waals surface area contributed by atoms with Gasteiger partial charge in [-0.25, -0.2) is 4.98 Å². The molecule has 1 atom stereocenters. The maximum atomic E-state index is 12.1. The van der Waals surface area contributed by atoms with E-state index in [-0.39, 0.29) is 5.56 Å². The van der Waals surface area contributed by atoms with Crippen molar-refractivity contribution in [1.29, 1.82) is 0 Å². The highest BCUT2D eigenvalue weighted by molar-refractivity contribution is 7.98. The first-order chi connectivity index (χ1) is 13.2. The Morgan fingerprint density at radius 1 is 1.37 bits per heavy atom. The molecule has 9 heteroatoms.